The van der Waals surface area contributed by atoms with Gasteiger partial charge in [-0.1, -0.05) is 0 Å². The summed E-state index contributed by atoms with van der Waals surface area (Å²) in [6.45, 7) is 5.03. The van der Waals surface area contributed by atoms with Crippen LogP contribution in [0.1, 0.15) is 66.6 Å². The molecule has 2 aromatic rings. The van der Waals surface area contributed by atoms with E-state index in [2.05, 4.69) is 25.6 Å². The van der Waals surface area contributed by atoms with Gasteiger partial charge in [-0.25, -0.2) is 9.97 Å². The number of piperidine rings is 1. The highest BCUT2D eigenvalue weighted by atomic mass is 16.1. The fourth-order valence-electron chi connectivity index (χ4n) is 4.92. The van der Waals surface area contributed by atoms with Gasteiger partial charge in [0.15, 0.2) is 0 Å². The molecule has 2 fully saturated rings. The van der Waals surface area contributed by atoms with Crippen LogP contribution in [0.5, 0.6) is 0 Å². The van der Waals surface area contributed by atoms with Crippen LogP contribution in [-0.2, 0) is 25.4 Å². The predicted molar refractivity (Wildman–Crippen MR) is 99.3 cm³/mol. The van der Waals surface area contributed by atoms with Crippen molar-refractivity contribution in [1.82, 2.24) is 24.4 Å². The molecular formula is C20H27N5O. The van der Waals surface area contributed by atoms with Gasteiger partial charge in [0.25, 0.3) is 5.56 Å². The molecule has 1 spiro atoms. The van der Waals surface area contributed by atoms with E-state index in [0.29, 0.717) is 5.92 Å². The SMILES string of the molecule is Cc1nc(CN2CCCC3(CCc4c3nc(C3CC3)[nH]c4=O)C2)cn1C. The fourth-order valence-corrected chi connectivity index (χ4v) is 4.92. The van der Waals surface area contributed by atoms with Crippen molar-refractivity contribution in [3.8, 4) is 0 Å². The molecule has 1 aliphatic heterocycles. The van der Waals surface area contributed by atoms with Crippen LogP contribution in [0.3, 0.4) is 0 Å². The van der Waals surface area contributed by atoms with Gasteiger partial charge in [-0.15, -0.1) is 0 Å². The average Bonchev–Trinajstić information content (AvgIpc) is 3.34. The number of nitrogens with one attached hydrogen (secondary N) is 1. The highest BCUT2D eigenvalue weighted by Gasteiger charge is 2.45. The molecule has 0 radical (unpaired) electrons. The van der Waals surface area contributed by atoms with Gasteiger partial charge in [0.05, 0.1) is 11.4 Å². The van der Waals surface area contributed by atoms with Gasteiger partial charge >= 0.3 is 0 Å². The van der Waals surface area contributed by atoms with Crippen LogP contribution in [-0.4, -0.2) is 37.5 Å². The van der Waals surface area contributed by atoms with Crippen LogP contribution >= 0.6 is 0 Å². The second-order valence-corrected chi connectivity index (χ2v) is 8.54. The molecular weight excluding hydrogens is 326 g/mol. The van der Waals surface area contributed by atoms with Crippen molar-refractivity contribution in [2.45, 2.75) is 63.3 Å². The number of aromatic nitrogens is 4. The Bertz CT molecular complexity index is 890. The van der Waals surface area contributed by atoms with Crippen molar-refractivity contribution in [3.05, 3.63) is 45.2 Å². The Balaban J connectivity index is 1.44. The molecule has 26 heavy (non-hydrogen) atoms. The topological polar surface area (TPSA) is 66.8 Å². The third kappa shape index (κ3) is 2.62. The smallest absolute Gasteiger partial charge is 0.254 e. The summed E-state index contributed by atoms with van der Waals surface area (Å²) < 4.78 is 2.09. The molecule has 1 saturated carbocycles. The second-order valence-electron chi connectivity index (χ2n) is 8.54. The molecule has 1 unspecified atom stereocenters. The Hall–Kier alpha value is -1.95. The van der Waals surface area contributed by atoms with Gasteiger partial charge in [-0.2, -0.15) is 0 Å². The molecule has 0 amide bonds. The Kier molecular flexibility index (Phi) is 3.61. The molecule has 3 aliphatic rings. The molecule has 3 heterocycles. The zero-order chi connectivity index (χ0) is 17.9. The van der Waals surface area contributed by atoms with E-state index in [1.165, 1.54) is 19.3 Å². The number of aromatic amines is 1. The summed E-state index contributed by atoms with van der Waals surface area (Å²) in [6, 6.07) is 0. The molecule has 1 atom stereocenters. The summed E-state index contributed by atoms with van der Waals surface area (Å²) in [5.74, 6) is 2.48. The summed E-state index contributed by atoms with van der Waals surface area (Å²) >= 11 is 0. The van der Waals surface area contributed by atoms with E-state index in [1.807, 2.05) is 14.0 Å². The first-order chi connectivity index (χ1) is 12.5. The van der Waals surface area contributed by atoms with E-state index < -0.39 is 0 Å². The van der Waals surface area contributed by atoms with Crippen molar-refractivity contribution in [2.75, 3.05) is 13.1 Å². The maximum Gasteiger partial charge on any atom is 0.254 e. The van der Waals surface area contributed by atoms with Crippen molar-refractivity contribution < 1.29 is 0 Å². The quantitative estimate of drug-likeness (QED) is 0.918. The number of hydrogen-bond donors (Lipinski definition) is 1. The van der Waals surface area contributed by atoms with Gasteiger partial charge in [0.2, 0.25) is 0 Å². The average molecular weight is 353 g/mol. The van der Waals surface area contributed by atoms with E-state index in [9.17, 15) is 4.79 Å². The number of imidazole rings is 1. The third-order valence-electron chi connectivity index (χ3n) is 6.55. The van der Waals surface area contributed by atoms with E-state index in [0.717, 1.165) is 67.5 Å². The van der Waals surface area contributed by atoms with Crippen LogP contribution in [0.15, 0.2) is 11.0 Å². The molecule has 138 valence electrons. The molecule has 2 aliphatic carbocycles. The minimum atomic E-state index is 0.0648. The van der Waals surface area contributed by atoms with Gasteiger partial charge in [-0.3, -0.25) is 9.69 Å². The van der Waals surface area contributed by atoms with E-state index >= 15 is 0 Å². The third-order valence-corrected chi connectivity index (χ3v) is 6.55. The Morgan fingerprint density at radius 1 is 1.31 bits per heavy atom. The number of fused-ring (bicyclic) bond motifs is 2. The maximum atomic E-state index is 12.6. The van der Waals surface area contributed by atoms with Crippen LogP contribution in [0.25, 0.3) is 0 Å². The second kappa shape index (κ2) is 5.78. The molecule has 2 aromatic heterocycles. The molecule has 1 saturated heterocycles. The van der Waals surface area contributed by atoms with Crippen molar-refractivity contribution in [1.29, 1.82) is 0 Å². The lowest BCUT2D eigenvalue weighted by Gasteiger charge is -2.40. The number of hydrogen-bond acceptors (Lipinski definition) is 4. The number of H-pyrrole nitrogens is 1. The van der Waals surface area contributed by atoms with Gasteiger partial charge in [-0.05, 0) is 52.0 Å². The number of likely N-dealkylation sites (tertiary alicyclic amines) is 1. The molecule has 6 heteroatoms. The van der Waals surface area contributed by atoms with Gasteiger partial charge < -0.3 is 9.55 Å². The normalized spacial score (nSPS) is 25.8. The van der Waals surface area contributed by atoms with E-state index in [1.54, 1.807) is 0 Å². The standard InChI is InChI=1S/C20H27N5O/c1-13-21-15(10-24(13)2)11-25-9-3-7-20(12-25)8-6-16-17(20)22-18(14-4-5-14)23-19(16)26/h10,14H,3-9,11-12H2,1-2H3,(H,22,23,26). The van der Waals surface area contributed by atoms with Crippen molar-refractivity contribution in [3.63, 3.8) is 0 Å². The molecule has 0 bridgehead atoms. The summed E-state index contributed by atoms with van der Waals surface area (Å²) in [5.41, 5.74) is 3.38. The zero-order valence-electron chi connectivity index (χ0n) is 15.7. The number of nitrogens with zero attached hydrogens (tertiary/aromatic N) is 4. The lowest BCUT2D eigenvalue weighted by atomic mass is 9.77. The van der Waals surface area contributed by atoms with Gasteiger partial charge in [0, 0.05) is 43.2 Å². The summed E-state index contributed by atoms with van der Waals surface area (Å²) in [7, 11) is 2.05. The molecule has 0 aromatic carbocycles. The van der Waals surface area contributed by atoms with Crippen LogP contribution in [0.2, 0.25) is 0 Å². The number of aryl methyl sites for hydroxylation is 2. The van der Waals surface area contributed by atoms with Crippen LogP contribution in [0, 0.1) is 6.92 Å². The fraction of sp³-hybridized carbons (Fsp3) is 0.650. The lowest BCUT2D eigenvalue weighted by Crippen LogP contribution is -2.45. The van der Waals surface area contributed by atoms with Crippen molar-refractivity contribution >= 4 is 0 Å². The Morgan fingerprint density at radius 3 is 2.88 bits per heavy atom. The summed E-state index contributed by atoms with van der Waals surface area (Å²) in [6.07, 6.45) is 8.72. The van der Waals surface area contributed by atoms with Crippen LogP contribution in [0.4, 0.5) is 0 Å². The molecule has 5 rings (SSSR count). The van der Waals surface area contributed by atoms with E-state index in [4.69, 9.17) is 4.98 Å². The van der Waals surface area contributed by atoms with Crippen molar-refractivity contribution in [2.24, 2.45) is 7.05 Å². The highest BCUT2D eigenvalue weighted by Crippen LogP contribution is 2.45. The Labute approximate surface area is 153 Å². The monoisotopic (exact) mass is 353 g/mol. The predicted octanol–water partition coefficient (Wildman–Crippen LogP) is 2.17. The molecule has 6 nitrogen and oxygen atoms in total. The molecule has 1 N–H and O–H groups in total. The van der Waals surface area contributed by atoms with E-state index in [-0.39, 0.29) is 11.0 Å². The highest BCUT2D eigenvalue weighted by molar-refractivity contribution is 5.34. The lowest BCUT2D eigenvalue weighted by molar-refractivity contribution is 0.135. The largest absolute Gasteiger partial charge is 0.338 e. The minimum absolute atomic E-state index is 0.0648. The Morgan fingerprint density at radius 2 is 2.15 bits per heavy atom. The number of rotatable bonds is 3. The maximum absolute atomic E-state index is 12.6. The zero-order valence-corrected chi connectivity index (χ0v) is 15.7. The first-order valence-corrected chi connectivity index (χ1v) is 9.89. The van der Waals surface area contributed by atoms with Gasteiger partial charge in [0.1, 0.15) is 11.6 Å². The summed E-state index contributed by atoms with van der Waals surface area (Å²) in [5, 5.41) is 0. The first-order valence-electron chi connectivity index (χ1n) is 9.89. The first kappa shape index (κ1) is 16.2. The minimum Gasteiger partial charge on any atom is -0.338 e. The van der Waals surface area contributed by atoms with Crippen LogP contribution < -0.4 is 5.56 Å². The summed E-state index contributed by atoms with van der Waals surface area (Å²) in [4.78, 5) is 27.8.